The van der Waals surface area contributed by atoms with Crippen LogP contribution in [0.15, 0.2) is 23.1 Å². The number of benzene rings is 1. The third-order valence-corrected chi connectivity index (χ3v) is 5.76. The molecule has 1 heterocycles. The maximum Gasteiger partial charge on any atom is 0.243 e. The summed E-state index contributed by atoms with van der Waals surface area (Å²) in [5.41, 5.74) is 1.74. The number of hydrogen-bond donors (Lipinski definition) is 1. The van der Waals surface area contributed by atoms with Crippen molar-refractivity contribution >= 4 is 10.0 Å². The fourth-order valence-corrected chi connectivity index (χ4v) is 4.04. The molecule has 0 bridgehead atoms. The Bertz CT molecular complexity index is 566. The van der Waals surface area contributed by atoms with Gasteiger partial charge in [0.2, 0.25) is 10.0 Å². The van der Waals surface area contributed by atoms with Crippen LogP contribution < -0.4 is 5.32 Å². The Morgan fingerprint density at radius 1 is 1.45 bits per heavy atom. The lowest BCUT2D eigenvalue weighted by atomic mass is 10.1. The fourth-order valence-electron chi connectivity index (χ4n) is 2.40. The quantitative estimate of drug-likeness (QED) is 0.885. The average Bonchev–Trinajstić information content (AvgIpc) is 2.94. The summed E-state index contributed by atoms with van der Waals surface area (Å²) in [5, 5.41) is 3.04. The molecule has 0 saturated carbocycles. The van der Waals surface area contributed by atoms with Crippen LogP contribution in [0.4, 0.5) is 0 Å². The molecular weight excluding hydrogens is 276 g/mol. The van der Waals surface area contributed by atoms with Crippen LogP contribution in [0, 0.1) is 6.92 Å². The van der Waals surface area contributed by atoms with Gasteiger partial charge < -0.3 is 10.1 Å². The first-order valence-electron chi connectivity index (χ1n) is 6.76. The maximum absolute atomic E-state index is 12.7. The first-order valence-corrected chi connectivity index (χ1v) is 8.20. The minimum atomic E-state index is -3.47. The zero-order chi connectivity index (χ0) is 14.8. The Kier molecular flexibility index (Phi) is 4.80. The Morgan fingerprint density at radius 3 is 2.80 bits per heavy atom. The second kappa shape index (κ2) is 6.22. The lowest BCUT2D eigenvalue weighted by Gasteiger charge is -2.23. The normalized spacial score (nSPS) is 19.7. The van der Waals surface area contributed by atoms with Crippen LogP contribution in [0.1, 0.15) is 17.5 Å². The second-order valence-corrected chi connectivity index (χ2v) is 7.13. The highest BCUT2D eigenvalue weighted by Crippen LogP contribution is 2.24. The van der Waals surface area contributed by atoms with Gasteiger partial charge in [-0.15, -0.1) is 0 Å². The number of hydrogen-bond acceptors (Lipinski definition) is 4. The highest BCUT2D eigenvalue weighted by atomic mass is 32.2. The van der Waals surface area contributed by atoms with Gasteiger partial charge >= 0.3 is 0 Å². The number of rotatable bonds is 5. The zero-order valence-electron chi connectivity index (χ0n) is 12.2. The van der Waals surface area contributed by atoms with Crippen LogP contribution in [-0.2, 0) is 21.3 Å². The third-order valence-electron chi connectivity index (χ3n) is 3.71. The summed E-state index contributed by atoms with van der Waals surface area (Å²) in [5.74, 6) is 0. The van der Waals surface area contributed by atoms with Crippen molar-refractivity contribution in [2.75, 3.05) is 27.3 Å². The van der Waals surface area contributed by atoms with Crippen LogP contribution in [0.25, 0.3) is 0 Å². The number of ether oxygens (including phenoxy) is 1. The molecule has 0 aromatic heterocycles. The summed E-state index contributed by atoms with van der Waals surface area (Å²) in [6.45, 7) is 3.59. The minimum Gasteiger partial charge on any atom is -0.380 e. The molecule has 1 aliphatic heterocycles. The van der Waals surface area contributed by atoms with Gasteiger partial charge in [-0.3, -0.25) is 0 Å². The van der Waals surface area contributed by atoms with E-state index in [-0.39, 0.29) is 6.04 Å². The molecule has 1 fully saturated rings. The molecular formula is C14H22N2O3S. The van der Waals surface area contributed by atoms with Crippen molar-refractivity contribution in [3.05, 3.63) is 29.3 Å². The van der Waals surface area contributed by atoms with E-state index in [4.69, 9.17) is 4.74 Å². The van der Waals surface area contributed by atoms with Gasteiger partial charge in [0, 0.05) is 20.2 Å². The number of aryl methyl sites for hydroxylation is 1. The van der Waals surface area contributed by atoms with Crippen molar-refractivity contribution in [3.63, 3.8) is 0 Å². The van der Waals surface area contributed by atoms with Crippen molar-refractivity contribution in [1.82, 2.24) is 9.62 Å². The van der Waals surface area contributed by atoms with E-state index in [9.17, 15) is 8.42 Å². The van der Waals surface area contributed by atoms with Crippen molar-refractivity contribution in [2.24, 2.45) is 0 Å². The predicted molar refractivity (Wildman–Crippen MR) is 78.1 cm³/mol. The smallest absolute Gasteiger partial charge is 0.243 e. The standard InChI is InChI=1S/C14H22N2O3S/c1-11-4-5-12(9-15-2)8-14(11)20(17,18)16(3)13-6-7-19-10-13/h4-5,8,13,15H,6-7,9-10H2,1-3H3. The van der Waals surface area contributed by atoms with Crippen molar-refractivity contribution in [1.29, 1.82) is 0 Å². The van der Waals surface area contributed by atoms with E-state index in [2.05, 4.69) is 5.32 Å². The van der Waals surface area contributed by atoms with Gasteiger partial charge in [0.1, 0.15) is 0 Å². The lowest BCUT2D eigenvalue weighted by molar-refractivity contribution is 0.181. The van der Waals surface area contributed by atoms with Crippen LogP contribution in [0.3, 0.4) is 0 Å². The van der Waals surface area contributed by atoms with E-state index in [1.807, 2.05) is 26.1 Å². The molecule has 1 unspecified atom stereocenters. The van der Waals surface area contributed by atoms with Gasteiger partial charge in [-0.25, -0.2) is 8.42 Å². The van der Waals surface area contributed by atoms with E-state index in [0.29, 0.717) is 24.7 Å². The molecule has 1 aromatic rings. The summed E-state index contributed by atoms with van der Waals surface area (Å²) >= 11 is 0. The molecule has 1 aliphatic rings. The Hall–Kier alpha value is -0.950. The predicted octanol–water partition coefficient (Wildman–Crippen LogP) is 1.12. The molecule has 5 nitrogen and oxygen atoms in total. The Balaban J connectivity index is 2.34. The molecule has 1 saturated heterocycles. The first-order chi connectivity index (χ1) is 9.46. The van der Waals surface area contributed by atoms with Gasteiger partial charge in [0.05, 0.1) is 17.5 Å². The van der Waals surface area contributed by atoms with E-state index in [1.165, 1.54) is 4.31 Å². The van der Waals surface area contributed by atoms with Crippen LogP contribution in [0.2, 0.25) is 0 Å². The van der Waals surface area contributed by atoms with Gasteiger partial charge in [-0.2, -0.15) is 4.31 Å². The van der Waals surface area contributed by atoms with Gasteiger partial charge in [0.15, 0.2) is 0 Å². The van der Waals surface area contributed by atoms with Gasteiger partial charge in [0.25, 0.3) is 0 Å². The number of nitrogens with zero attached hydrogens (tertiary/aromatic N) is 1. The highest BCUT2D eigenvalue weighted by molar-refractivity contribution is 7.89. The molecule has 1 N–H and O–H groups in total. The lowest BCUT2D eigenvalue weighted by Crippen LogP contribution is -2.37. The molecule has 2 rings (SSSR count). The van der Waals surface area contributed by atoms with E-state index >= 15 is 0 Å². The largest absolute Gasteiger partial charge is 0.380 e. The highest BCUT2D eigenvalue weighted by Gasteiger charge is 2.31. The van der Waals surface area contributed by atoms with Gasteiger partial charge in [-0.05, 0) is 37.6 Å². The average molecular weight is 298 g/mol. The minimum absolute atomic E-state index is 0.0626. The SMILES string of the molecule is CNCc1ccc(C)c(S(=O)(=O)N(C)C2CCOC2)c1. The third kappa shape index (κ3) is 3.03. The molecule has 0 aliphatic carbocycles. The molecule has 0 amide bonds. The van der Waals surface area contributed by atoms with E-state index < -0.39 is 10.0 Å². The number of sulfonamides is 1. The molecule has 0 spiro atoms. The van der Waals surface area contributed by atoms with Crippen molar-refractivity contribution in [2.45, 2.75) is 30.8 Å². The zero-order valence-corrected chi connectivity index (χ0v) is 13.0. The number of nitrogens with one attached hydrogen (secondary N) is 1. The molecule has 20 heavy (non-hydrogen) atoms. The first kappa shape index (κ1) is 15.4. The van der Waals surface area contributed by atoms with Crippen LogP contribution >= 0.6 is 0 Å². The van der Waals surface area contributed by atoms with E-state index in [0.717, 1.165) is 17.5 Å². The molecule has 1 aromatic carbocycles. The Labute approximate surface area is 121 Å². The summed E-state index contributed by atoms with van der Waals surface area (Å²) in [6.07, 6.45) is 0.755. The van der Waals surface area contributed by atoms with E-state index in [1.54, 1.807) is 13.1 Å². The summed E-state index contributed by atoms with van der Waals surface area (Å²) < 4.78 is 32.2. The summed E-state index contributed by atoms with van der Waals surface area (Å²) in [4.78, 5) is 0.389. The molecule has 112 valence electrons. The van der Waals surface area contributed by atoms with Crippen LogP contribution in [0.5, 0.6) is 0 Å². The van der Waals surface area contributed by atoms with Gasteiger partial charge in [-0.1, -0.05) is 12.1 Å². The fraction of sp³-hybridized carbons (Fsp3) is 0.571. The second-order valence-electron chi connectivity index (χ2n) is 5.17. The topological polar surface area (TPSA) is 58.6 Å². The van der Waals surface area contributed by atoms with Crippen molar-refractivity contribution < 1.29 is 13.2 Å². The molecule has 0 radical (unpaired) electrons. The molecule has 6 heteroatoms. The molecule has 1 atom stereocenters. The monoisotopic (exact) mass is 298 g/mol. The maximum atomic E-state index is 12.7. The number of likely N-dealkylation sites (N-methyl/N-ethyl adjacent to an activating group) is 1. The van der Waals surface area contributed by atoms with Crippen LogP contribution in [-0.4, -0.2) is 46.1 Å². The van der Waals surface area contributed by atoms with Crippen molar-refractivity contribution in [3.8, 4) is 0 Å². The Morgan fingerprint density at radius 2 is 2.20 bits per heavy atom. The summed E-state index contributed by atoms with van der Waals surface area (Å²) in [6, 6.07) is 5.50. The summed E-state index contributed by atoms with van der Waals surface area (Å²) in [7, 11) is 0.0127.